The third-order valence-corrected chi connectivity index (χ3v) is 3.14. The molecule has 1 heterocycles. The van der Waals surface area contributed by atoms with Crippen molar-refractivity contribution in [2.24, 2.45) is 5.92 Å². The molecule has 1 fully saturated rings. The first-order valence-corrected chi connectivity index (χ1v) is 5.98. The SMILES string of the molecule is CCC1C(=O)NC(=O)N(c2c(F)cccc2Cl)C1=O. The molecule has 1 unspecified atom stereocenters. The predicted molar refractivity (Wildman–Crippen MR) is 66.2 cm³/mol. The minimum Gasteiger partial charge on any atom is -0.277 e. The largest absolute Gasteiger partial charge is 0.335 e. The molecule has 0 aliphatic carbocycles. The van der Waals surface area contributed by atoms with Crippen LogP contribution in [0.3, 0.4) is 0 Å². The number of benzene rings is 1. The molecule has 7 heteroatoms. The van der Waals surface area contributed by atoms with Gasteiger partial charge < -0.3 is 0 Å². The number of nitrogens with one attached hydrogen (secondary N) is 1. The van der Waals surface area contributed by atoms with E-state index in [0.717, 1.165) is 6.07 Å². The Hall–Kier alpha value is -1.95. The number of imide groups is 2. The quantitative estimate of drug-likeness (QED) is 0.846. The van der Waals surface area contributed by atoms with Crippen LogP contribution in [0.1, 0.15) is 13.3 Å². The maximum atomic E-state index is 13.8. The van der Waals surface area contributed by atoms with Crippen LogP contribution in [0.25, 0.3) is 0 Å². The monoisotopic (exact) mass is 284 g/mol. The van der Waals surface area contributed by atoms with Crippen LogP contribution >= 0.6 is 11.6 Å². The van der Waals surface area contributed by atoms with Gasteiger partial charge in [0.2, 0.25) is 11.8 Å². The minimum absolute atomic E-state index is 0.0762. The van der Waals surface area contributed by atoms with Crippen molar-refractivity contribution in [3.8, 4) is 0 Å². The number of nitrogens with zero attached hydrogens (tertiary/aromatic N) is 1. The fourth-order valence-electron chi connectivity index (χ4n) is 1.89. The summed E-state index contributed by atoms with van der Waals surface area (Å²) in [5.74, 6) is -3.28. The summed E-state index contributed by atoms with van der Waals surface area (Å²) in [5.41, 5.74) is -0.336. The maximum Gasteiger partial charge on any atom is 0.335 e. The van der Waals surface area contributed by atoms with Gasteiger partial charge in [-0.15, -0.1) is 0 Å². The highest BCUT2D eigenvalue weighted by Crippen LogP contribution is 2.31. The molecule has 1 atom stereocenters. The summed E-state index contributed by atoms with van der Waals surface area (Å²) < 4.78 is 13.8. The number of para-hydroxylation sites is 1. The lowest BCUT2D eigenvalue weighted by molar-refractivity contribution is -0.134. The number of carbonyl (C=O) groups is 3. The Bertz CT molecular complexity index is 556. The van der Waals surface area contributed by atoms with Gasteiger partial charge >= 0.3 is 6.03 Å². The molecule has 0 spiro atoms. The van der Waals surface area contributed by atoms with E-state index in [2.05, 4.69) is 0 Å². The Kier molecular flexibility index (Phi) is 3.53. The highest BCUT2D eigenvalue weighted by molar-refractivity contribution is 6.36. The highest BCUT2D eigenvalue weighted by Gasteiger charge is 2.41. The second-order valence-electron chi connectivity index (χ2n) is 4.00. The van der Waals surface area contributed by atoms with Gasteiger partial charge in [0, 0.05) is 0 Å². The Morgan fingerprint density at radius 1 is 1.37 bits per heavy atom. The van der Waals surface area contributed by atoms with Crippen molar-refractivity contribution in [1.82, 2.24) is 5.32 Å². The summed E-state index contributed by atoms with van der Waals surface area (Å²) in [4.78, 5) is 35.9. The predicted octanol–water partition coefficient (Wildman–Crippen LogP) is 2.09. The van der Waals surface area contributed by atoms with E-state index in [1.54, 1.807) is 6.92 Å². The smallest absolute Gasteiger partial charge is 0.277 e. The van der Waals surface area contributed by atoms with Crippen molar-refractivity contribution >= 4 is 35.1 Å². The van der Waals surface area contributed by atoms with E-state index < -0.39 is 29.6 Å². The van der Waals surface area contributed by atoms with Gasteiger partial charge in [-0.1, -0.05) is 24.6 Å². The zero-order chi connectivity index (χ0) is 14.2. The molecule has 1 aromatic carbocycles. The van der Waals surface area contributed by atoms with E-state index >= 15 is 0 Å². The number of anilines is 1. The number of urea groups is 1. The van der Waals surface area contributed by atoms with Crippen LogP contribution in [0.4, 0.5) is 14.9 Å². The molecular formula is C12H10ClFN2O3. The third kappa shape index (κ3) is 2.19. The van der Waals surface area contributed by atoms with Crippen LogP contribution in [0.5, 0.6) is 0 Å². The summed E-state index contributed by atoms with van der Waals surface area (Å²) >= 11 is 5.82. The summed E-state index contributed by atoms with van der Waals surface area (Å²) in [6.07, 6.45) is 0.209. The molecule has 1 saturated heterocycles. The lowest BCUT2D eigenvalue weighted by Crippen LogP contribution is -2.58. The molecule has 5 nitrogen and oxygen atoms in total. The van der Waals surface area contributed by atoms with Gasteiger partial charge in [-0.05, 0) is 18.6 Å². The zero-order valence-electron chi connectivity index (χ0n) is 9.94. The topological polar surface area (TPSA) is 66.5 Å². The van der Waals surface area contributed by atoms with Gasteiger partial charge in [-0.2, -0.15) is 0 Å². The number of amides is 4. The summed E-state index contributed by atoms with van der Waals surface area (Å²) in [6, 6.07) is 2.80. The van der Waals surface area contributed by atoms with Gasteiger partial charge in [0.25, 0.3) is 0 Å². The first-order chi connectivity index (χ1) is 8.97. The van der Waals surface area contributed by atoms with Crippen LogP contribution < -0.4 is 10.2 Å². The lowest BCUT2D eigenvalue weighted by Gasteiger charge is -2.30. The standard InChI is InChI=1S/C12H10ClFN2O3/c1-2-6-10(17)15-12(19)16(11(6)18)9-7(13)4-3-5-8(9)14/h3-6H,2H2,1H3,(H,15,17,19). The Morgan fingerprint density at radius 3 is 2.63 bits per heavy atom. The van der Waals surface area contributed by atoms with E-state index in [0.29, 0.717) is 4.90 Å². The molecule has 0 bridgehead atoms. The number of halogens is 2. The highest BCUT2D eigenvalue weighted by atomic mass is 35.5. The first-order valence-electron chi connectivity index (χ1n) is 5.60. The van der Waals surface area contributed by atoms with Gasteiger partial charge in [0.05, 0.1) is 5.02 Å². The van der Waals surface area contributed by atoms with Crippen molar-refractivity contribution in [3.63, 3.8) is 0 Å². The van der Waals surface area contributed by atoms with E-state index in [1.807, 2.05) is 5.32 Å². The molecule has 0 radical (unpaired) electrons. The third-order valence-electron chi connectivity index (χ3n) is 2.84. The van der Waals surface area contributed by atoms with Crippen LogP contribution in [-0.4, -0.2) is 17.8 Å². The van der Waals surface area contributed by atoms with Gasteiger partial charge in [-0.25, -0.2) is 14.1 Å². The second kappa shape index (κ2) is 4.97. The van der Waals surface area contributed by atoms with Crippen LogP contribution in [0, 0.1) is 11.7 Å². The minimum atomic E-state index is -1.02. The Balaban J connectivity index is 2.51. The molecule has 0 saturated carbocycles. The number of carbonyl (C=O) groups excluding carboxylic acids is 3. The Morgan fingerprint density at radius 2 is 2.05 bits per heavy atom. The fraction of sp³-hybridized carbons (Fsp3) is 0.250. The first kappa shape index (κ1) is 13.5. The van der Waals surface area contributed by atoms with E-state index in [-0.39, 0.29) is 17.1 Å². The number of barbiturate groups is 1. The van der Waals surface area contributed by atoms with Crippen molar-refractivity contribution in [3.05, 3.63) is 29.0 Å². The van der Waals surface area contributed by atoms with Crippen molar-refractivity contribution in [2.75, 3.05) is 4.90 Å². The van der Waals surface area contributed by atoms with Crippen molar-refractivity contribution in [2.45, 2.75) is 13.3 Å². The van der Waals surface area contributed by atoms with E-state index in [9.17, 15) is 18.8 Å². The molecule has 1 aliphatic heterocycles. The maximum absolute atomic E-state index is 13.8. The van der Waals surface area contributed by atoms with Crippen LogP contribution in [-0.2, 0) is 9.59 Å². The zero-order valence-corrected chi connectivity index (χ0v) is 10.7. The van der Waals surface area contributed by atoms with E-state index in [4.69, 9.17) is 11.6 Å². The summed E-state index contributed by atoms with van der Waals surface area (Å²) in [5, 5.41) is 1.94. The molecule has 1 N–H and O–H groups in total. The molecule has 0 aromatic heterocycles. The molecule has 2 rings (SSSR count). The van der Waals surface area contributed by atoms with Crippen molar-refractivity contribution < 1.29 is 18.8 Å². The van der Waals surface area contributed by atoms with Crippen LogP contribution in [0.2, 0.25) is 5.02 Å². The normalized spacial score (nSPS) is 19.6. The molecule has 1 aromatic rings. The van der Waals surface area contributed by atoms with Gasteiger partial charge in [-0.3, -0.25) is 14.9 Å². The fourth-order valence-corrected chi connectivity index (χ4v) is 2.14. The van der Waals surface area contributed by atoms with Gasteiger partial charge in [0.15, 0.2) is 0 Å². The second-order valence-corrected chi connectivity index (χ2v) is 4.41. The number of rotatable bonds is 2. The van der Waals surface area contributed by atoms with E-state index in [1.165, 1.54) is 12.1 Å². The average Bonchev–Trinajstić information content (AvgIpc) is 2.33. The van der Waals surface area contributed by atoms with Gasteiger partial charge in [0.1, 0.15) is 17.4 Å². The lowest BCUT2D eigenvalue weighted by atomic mass is 10.0. The average molecular weight is 285 g/mol. The molecule has 4 amide bonds. The number of hydrogen-bond acceptors (Lipinski definition) is 3. The molecule has 100 valence electrons. The molecule has 1 aliphatic rings. The van der Waals surface area contributed by atoms with Crippen LogP contribution in [0.15, 0.2) is 18.2 Å². The Labute approximate surface area is 113 Å². The van der Waals surface area contributed by atoms with Crippen molar-refractivity contribution in [1.29, 1.82) is 0 Å². The molecular weight excluding hydrogens is 275 g/mol. The number of hydrogen-bond donors (Lipinski definition) is 1. The molecule has 19 heavy (non-hydrogen) atoms. The summed E-state index contributed by atoms with van der Waals surface area (Å²) in [7, 11) is 0. The summed E-state index contributed by atoms with van der Waals surface area (Å²) in [6.45, 7) is 1.62.